The quantitative estimate of drug-likeness (QED) is 0.541. The monoisotopic (exact) mass is 384 g/mol. The standard InChI is InChI=1S/C21H32N6O/c1-5-16(4)28-18-12-15(3)9-10-17(18)13-23-21(22-6-2)24-14-20-26-25-19-8-7-11-27(19)20/h9-10,12,16H,5-8,11,13-14H2,1-4H3,(H2,22,23,24). The van der Waals surface area contributed by atoms with E-state index < -0.39 is 0 Å². The molecular formula is C21H32N6O. The van der Waals surface area contributed by atoms with Crippen LogP contribution in [0.25, 0.3) is 0 Å². The molecule has 0 spiro atoms. The lowest BCUT2D eigenvalue weighted by atomic mass is 10.1. The first-order valence-corrected chi connectivity index (χ1v) is 10.3. The largest absolute Gasteiger partial charge is 0.490 e. The molecule has 0 fully saturated rings. The Morgan fingerprint density at radius 1 is 1.29 bits per heavy atom. The second-order valence-corrected chi connectivity index (χ2v) is 7.28. The lowest BCUT2D eigenvalue weighted by Gasteiger charge is -2.17. The molecule has 0 amide bonds. The Balaban J connectivity index is 1.68. The third kappa shape index (κ3) is 5.03. The summed E-state index contributed by atoms with van der Waals surface area (Å²) in [6.07, 6.45) is 3.33. The molecule has 0 saturated carbocycles. The van der Waals surface area contributed by atoms with Crippen LogP contribution in [0, 0.1) is 6.92 Å². The normalized spacial score (nSPS) is 14.6. The minimum Gasteiger partial charge on any atom is -0.490 e. The van der Waals surface area contributed by atoms with Gasteiger partial charge < -0.3 is 19.9 Å². The number of fused-ring (bicyclic) bond motifs is 1. The van der Waals surface area contributed by atoms with Crippen molar-refractivity contribution in [2.24, 2.45) is 4.99 Å². The van der Waals surface area contributed by atoms with E-state index >= 15 is 0 Å². The van der Waals surface area contributed by atoms with Crippen LogP contribution < -0.4 is 15.4 Å². The van der Waals surface area contributed by atoms with Crippen LogP contribution in [-0.4, -0.2) is 33.4 Å². The Hall–Kier alpha value is -2.57. The molecule has 28 heavy (non-hydrogen) atoms. The van der Waals surface area contributed by atoms with Crippen molar-refractivity contribution in [3.05, 3.63) is 41.0 Å². The highest BCUT2D eigenvalue weighted by atomic mass is 16.5. The highest BCUT2D eigenvalue weighted by Crippen LogP contribution is 2.23. The van der Waals surface area contributed by atoms with Gasteiger partial charge >= 0.3 is 0 Å². The van der Waals surface area contributed by atoms with E-state index in [2.05, 4.69) is 71.3 Å². The fourth-order valence-electron chi connectivity index (χ4n) is 3.21. The van der Waals surface area contributed by atoms with E-state index in [4.69, 9.17) is 9.73 Å². The maximum absolute atomic E-state index is 6.11. The molecule has 1 unspecified atom stereocenters. The third-order valence-electron chi connectivity index (χ3n) is 4.98. The summed E-state index contributed by atoms with van der Waals surface area (Å²) < 4.78 is 8.31. The molecule has 0 bridgehead atoms. The van der Waals surface area contributed by atoms with E-state index in [-0.39, 0.29) is 6.10 Å². The first-order valence-electron chi connectivity index (χ1n) is 10.3. The number of aryl methyl sites for hydroxylation is 2. The topological polar surface area (TPSA) is 76.4 Å². The second kappa shape index (κ2) is 9.57. The molecule has 3 rings (SSSR count). The van der Waals surface area contributed by atoms with Crippen molar-refractivity contribution in [2.45, 2.75) is 72.7 Å². The van der Waals surface area contributed by atoms with Crippen LogP contribution in [0.15, 0.2) is 23.2 Å². The summed E-state index contributed by atoms with van der Waals surface area (Å²) in [5.41, 5.74) is 2.28. The molecule has 0 radical (unpaired) electrons. The van der Waals surface area contributed by atoms with E-state index in [0.29, 0.717) is 13.1 Å². The first kappa shape index (κ1) is 20.2. The molecule has 1 atom stereocenters. The lowest BCUT2D eigenvalue weighted by molar-refractivity contribution is 0.215. The van der Waals surface area contributed by atoms with Gasteiger partial charge in [0.1, 0.15) is 11.6 Å². The third-order valence-corrected chi connectivity index (χ3v) is 4.98. The maximum atomic E-state index is 6.11. The second-order valence-electron chi connectivity index (χ2n) is 7.28. The number of nitrogens with zero attached hydrogens (tertiary/aromatic N) is 4. The predicted molar refractivity (Wildman–Crippen MR) is 112 cm³/mol. The first-order chi connectivity index (χ1) is 13.6. The van der Waals surface area contributed by atoms with Crippen LogP contribution in [0.2, 0.25) is 0 Å². The van der Waals surface area contributed by atoms with Gasteiger partial charge in [0.05, 0.1) is 19.2 Å². The number of guanidine groups is 1. The number of rotatable bonds is 8. The van der Waals surface area contributed by atoms with Gasteiger partial charge in [0, 0.05) is 25.1 Å². The van der Waals surface area contributed by atoms with Crippen LogP contribution in [0.4, 0.5) is 0 Å². The highest BCUT2D eigenvalue weighted by molar-refractivity contribution is 5.79. The molecule has 2 N–H and O–H groups in total. The number of aromatic nitrogens is 3. The molecule has 1 aromatic heterocycles. The average molecular weight is 385 g/mol. The summed E-state index contributed by atoms with van der Waals surface area (Å²) in [7, 11) is 0. The van der Waals surface area contributed by atoms with Crippen molar-refractivity contribution in [1.29, 1.82) is 0 Å². The smallest absolute Gasteiger partial charge is 0.191 e. The Morgan fingerprint density at radius 2 is 2.14 bits per heavy atom. The lowest BCUT2D eigenvalue weighted by Crippen LogP contribution is -2.37. The Morgan fingerprint density at radius 3 is 2.93 bits per heavy atom. The van der Waals surface area contributed by atoms with E-state index in [1.807, 2.05) is 0 Å². The number of hydrogen-bond donors (Lipinski definition) is 2. The van der Waals surface area contributed by atoms with Crippen LogP contribution >= 0.6 is 0 Å². The van der Waals surface area contributed by atoms with Gasteiger partial charge in [-0.2, -0.15) is 0 Å². The molecular weight excluding hydrogens is 352 g/mol. The zero-order valence-corrected chi connectivity index (χ0v) is 17.5. The molecule has 1 aliphatic rings. The van der Waals surface area contributed by atoms with Gasteiger partial charge in [-0.15, -0.1) is 10.2 Å². The summed E-state index contributed by atoms with van der Waals surface area (Å²) in [4.78, 5) is 4.76. The van der Waals surface area contributed by atoms with E-state index in [1.165, 1.54) is 5.56 Å². The van der Waals surface area contributed by atoms with E-state index in [0.717, 1.165) is 61.3 Å². The summed E-state index contributed by atoms with van der Waals surface area (Å²) in [5, 5.41) is 15.3. The van der Waals surface area contributed by atoms with E-state index in [9.17, 15) is 0 Å². The molecule has 0 aliphatic carbocycles. The maximum Gasteiger partial charge on any atom is 0.191 e. The van der Waals surface area contributed by atoms with Crippen molar-refractivity contribution in [3.63, 3.8) is 0 Å². The van der Waals surface area contributed by atoms with Gasteiger partial charge in [0.15, 0.2) is 11.8 Å². The molecule has 0 saturated heterocycles. The zero-order chi connectivity index (χ0) is 19.9. The van der Waals surface area contributed by atoms with Gasteiger partial charge in [0.25, 0.3) is 0 Å². The van der Waals surface area contributed by atoms with Gasteiger partial charge in [-0.3, -0.25) is 0 Å². The molecule has 2 aromatic rings. The van der Waals surface area contributed by atoms with Crippen molar-refractivity contribution in [3.8, 4) is 5.75 Å². The minimum absolute atomic E-state index is 0.186. The molecule has 7 nitrogen and oxygen atoms in total. The predicted octanol–water partition coefficient (Wildman–Crippen LogP) is 2.97. The van der Waals surface area contributed by atoms with Gasteiger partial charge in [-0.25, -0.2) is 4.99 Å². The Bertz CT molecular complexity index is 813. The van der Waals surface area contributed by atoms with Crippen LogP contribution in [-0.2, 0) is 26.1 Å². The number of benzene rings is 1. The number of hydrogen-bond acceptors (Lipinski definition) is 4. The van der Waals surface area contributed by atoms with Crippen molar-refractivity contribution in [2.75, 3.05) is 6.54 Å². The van der Waals surface area contributed by atoms with Crippen molar-refractivity contribution in [1.82, 2.24) is 25.4 Å². The fourth-order valence-corrected chi connectivity index (χ4v) is 3.21. The number of ether oxygens (including phenoxy) is 1. The van der Waals surface area contributed by atoms with Crippen molar-refractivity contribution < 1.29 is 4.74 Å². The van der Waals surface area contributed by atoms with Gasteiger partial charge in [-0.1, -0.05) is 19.1 Å². The van der Waals surface area contributed by atoms with E-state index in [1.54, 1.807) is 0 Å². The van der Waals surface area contributed by atoms with Gasteiger partial charge in [-0.05, 0) is 45.2 Å². The summed E-state index contributed by atoms with van der Waals surface area (Å²) >= 11 is 0. The molecule has 1 aliphatic heterocycles. The fraction of sp³-hybridized carbons (Fsp3) is 0.571. The minimum atomic E-state index is 0.186. The molecule has 1 aromatic carbocycles. The van der Waals surface area contributed by atoms with Crippen LogP contribution in [0.1, 0.15) is 56.4 Å². The van der Waals surface area contributed by atoms with Gasteiger partial charge in [0.2, 0.25) is 0 Å². The van der Waals surface area contributed by atoms with Crippen LogP contribution in [0.3, 0.4) is 0 Å². The summed E-state index contributed by atoms with van der Waals surface area (Å²) in [5.74, 6) is 3.75. The van der Waals surface area contributed by atoms with Crippen LogP contribution in [0.5, 0.6) is 5.75 Å². The Labute approximate surface area is 167 Å². The SMILES string of the molecule is CCNC(=NCc1ccc(C)cc1OC(C)CC)NCc1nnc2n1CCC2. The molecule has 152 valence electrons. The average Bonchev–Trinajstić information content (AvgIpc) is 3.29. The number of aliphatic imine (C=N–C) groups is 1. The summed E-state index contributed by atoms with van der Waals surface area (Å²) in [6, 6.07) is 6.30. The zero-order valence-electron chi connectivity index (χ0n) is 17.5. The highest BCUT2D eigenvalue weighted by Gasteiger charge is 2.17. The molecule has 2 heterocycles. The van der Waals surface area contributed by atoms with Crippen molar-refractivity contribution >= 4 is 5.96 Å². The Kier molecular flexibility index (Phi) is 6.90. The number of nitrogens with one attached hydrogen (secondary N) is 2. The molecule has 7 heteroatoms. The summed E-state index contributed by atoms with van der Waals surface area (Å²) in [6.45, 7) is 11.3.